The van der Waals surface area contributed by atoms with E-state index in [-0.39, 0.29) is 11.9 Å². The summed E-state index contributed by atoms with van der Waals surface area (Å²) >= 11 is 0. The monoisotopic (exact) mass is 293 g/mol. The van der Waals surface area contributed by atoms with Gasteiger partial charge in [0.25, 0.3) is 0 Å². The van der Waals surface area contributed by atoms with Gasteiger partial charge in [0.1, 0.15) is 5.82 Å². The number of halogens is 1. The predicted molar refractivity (Wildman–Crippen MR) is 81.5 cm³/mol. The molecular formula is C17H24FNO2. The van der Waals surface area contributed by atoms with E-state index in [0.717, 1.165) is 31.6 Å². The van der Waals surface area contributed by atoms with Crippen molar-refractivity contribution in [2.45, 2.75) is 38.0 Å². The Labute approximate surface area is 126 Å². The summed E-state index contributed by atoms with van der Waals surface area (Å²) in [6.45, 7) is 8.14. The van der Waals surface area contributed by atoms with Gasteiger partial charge in [0.15, 0.2) is 0 Å². The van der Waals surface area contributed by atoms with Crippen LogP contribution in [-0.4, -0.2) is 41.4 Å². The highest BCUT2D eigenvalue weighted by Crippen LogP contribution is 2.18. The van der Waals surface area contributed by atoms with Gasteiger partial charge in [0, 0.05) is 26.2 Å². The number of nitrogens with zero attached hydrogens (tertiary/aromatic N) is 1. The fraction of sp³-hybridized carbons (Fsp3) is 0.529. The summed E-state index contributed by atoms with van der Waals surface area (Å²) in [6, 6.07) is 6.48. The van der Waals surface area contributed by atoms with Crippen LogP contribution < -0.4 is 0 Å². The molecule has 1 N–H and O–H groups in total. The largest absolute Gasteiger partial charge is 0.385 e. The van der Waals surface area contributed by atoms with Gasteiger partial charge in [-0.05, 0) is 37.5 Å². The van der Waals surface area contributed by atoms with Crippen LogP contribution >= 0.6 is 0 Å². The van der Waals surface area contributed by atoms with Crippen molar-refractivity contribution < 1.29 is 14.2 Å². The molecule has 116 valence electrons. The zero-order chi connectivity index (χ0) is 15.3. The molecule has 1 aromatic carbocycles. The first kappa shape index (κ1) is 16.1. The first-order valence-corrected chi connectivity index (χ1v) is 7.43. The maximum Gasteiger partial charge on any atom is 0.123 e. The normalized spacial score (nSPS) is 21.4. The average molecular weight is 293 g/mol. The summed E-state index contributed by atoms with van der Waals surface area (Å²) in [6.07, 6.45) is 3.91. The van der Waals surface area contributed by atoms with Crippen molar-refractivity contribution in [2.24, 2.45) is 0 Å². The minimum atomic E-state index is -0.946. The second-order valence-electron chi connectivity index (χ2n) is 5.99. The van der Waals surface area contributed by atoms with Gasteiger partial charge in [-0.3, -0.25) is 4.90 Å². The summed E-state index contributed by atoms with van der Waals surface area (Å²) in [5.74, 6) is -0.234. The number of ether oxygens (including phenoxy) is 1. The maximum absolute atomic E-state index is 13.0. The number of hydrogen-bond donors (Lipinski definition) is 1. The molecule has 1 saturated heterocycles. The smallest absolute Gasteiger partial charge is 0.123 e. The van der Waals surface area contributed by atoms with E-state index in [0.29, 0.717) is 13.1 Å². The van der Waals surface area contributed by atoms with Crippen LogP contribution in [-0.2, 0) is 11.3 Å². The molecule has 2 rings (SSSR count). The van der Waals surface area contributed by atoms with Gasteiger partial charge in [-0.2, -0.15) is 0 Å². The Morgan fingerprint density at radius 2 is 2.19 bits per heavy atom. The molecule has 1 fully saturated rings. The second-order valence-corrected chi connectivity index (χ2v) is 5.99. The fourth-order valence-electron chi connectivity index (χ4n) is 2.63. The van der Waals surface area contributed by atoms with Crippen molar-refractivity contribution in [1.29, 1.82) is 0 Å². The summed E-state index contributed by atoms with van der Waals surface area (Å²) in [5, 5.41) is 10.2. The molecule has 0 aliphatic carbocycles. The minimum Gasteiger partial charge on any atom is -0.385 e. The lowest BCUT2D eigenvalue weighted by molar-refractivity contribution is 0.0242. The quantitative estimate of drug-likeness (QED) is 0.785. The van der Waals surface area contributed by atoms with E-state index in [1.807, 2.05) is 0 Å². The molecule has 0 aromatic heterocycles. The lowest BCUT2D eigenvalue weighted by Gasteiger charge is -2.31. The zero-order valence-corrected chi connectivity index (χ0v) is 12.6. The SMILES string of the molecule is C=C[C@@](C)(O)CN(Cc1ccc(F)cc1)C[C@H]1CCCO1. The summed E-state index contributed by atoms with van der Waals surface area (Å²) in [4.78, 5) is 2.14. The summed E-state index contributed by atoms with van der Waals surface area (Å²) in [7, 11) is 0. The van der Waals surface area contributed by atoms with Gasteiger partial charge in [0.2, 0.25) is 0 Å². The van der Waals surface area contributed by atoms with E-state index in [1.165, 1.54) is 12.1 Å². The Morgan fingerprint density at radius 1 is 1.48 bits per heavy atom. The Hall–Kier alpha value is -1.23. The Morgan fingerprint density at radius 3 is 2.76 bits per heavy atom. The molecular weight excluding hydrogens is 269 g/mol. The molecule has 2 atom stereocenters. The number of benzene rings is 1. The molecule has 1 heterocycles. The van der Waals surface area contributed by atoms with Gasteiger partial charge in [-0.1, -0.05) is 18.2 Å². The molecule has 1 aliphatic heterocycles. The van der Waals surface area contributed by atoms with Crippen molar-refractivity contribution in [3.8, 4) is 0 Å². The molecule has 1 aliphatic rings. The van der Waals surface area contributed by atoms with E-state index in [4.69, 9.17) is 4.74 Å². The maximum atomic E-state index is 13.0. The van der Waals surface area contributed by atoms with Crippen molar-refractivity contribution in [1.82, 2.24) is 4.90 Å². The number of hydrogen-bond acceptors (Lipinski definition) is 3. The van der Waals surface area contributed by atoms with Gasteiger partial charge in [-0.25, -0.2) is 4.39 Å². The van der Waals surface area contributed by atoms with Crippen molar-refractivity contribution in [3.05, 3.63) is 48.3 Å². The number of rotatable bonds is 7. The molecule has 4 heteroatoms. The molecule has 0 saturated carbocycles. The number of aliphatic hydroxyl groups is 1. The topological polar surface area (TPSA) is 32.7 Å². The van der Waals surface area contributed by atoms with Crippen LogP contribution in [0.1, 0.15) is 25.3 Å². The van der Waals surface area contributed by atoms with Gasteiger partial charge < -0.3 is 9.84 Å². The van der Waals surface area contributed by atoms with Gasteiger partial charge in [-0.15, -0.1) is 6.58 Å². The minimum absolute atomic E-state index is 0.214. The molecule has 0 bridgehead atoms. The highest BCUT2D eigenvalue weighted by molar-refractivity contribution is 5.16. The Bertz CT molecular complexity index is 452. The van der Waals surface area contributed by atoms with Crippen molar-refractivity contribution >= 4 is 0 Å². The summed E-state index contributed by atoms with van der Waals surface area (Å²) < 4.78 is 18.7. The highest BCUT2D eigenvalue weighted by atomic mass is 19.1. The molecule has 21 heavy (non-hydrogen) atoms. The molecule has 3 nitrogen and oxygen atoms in total. The third kappa shape index (κ3) is 5.23. The van der Waals surface area contributed by atoms with Gasteiger partial charge in [0.05, 0.1) is 11.7 Å². The summed E-state index contributed by atoms with van der Waals surface area (Å²) in [5.41, 5.74) is 0.0767. The lowest BCUT2D eigenvalue weighted by atomic mass is 10.1. The predicted octanol–water partition coefficient (Wildman–Crippen LogP) is 2.74. The van der Waals surface area contributed by atoms with E-state index in [2.05, 4.69) is 11.5 Å². The molecule has 0 radical (unpaired) electrons. The van der Waals surface area contributed by atoms with E-state index < -0.39 is 5.60 Å². The molecule has 0 unspecified atom stereocenters. The average Bonchev–Trinajstić information content (AvgIpc) is 2.94. The van der Waals surface area contributed by atoms with E-state index in [1.54, 1.807) is 25.1 Å². The first-order chi connectivity index (χ1) is 9.98. The van der Waals surface area contributed by atoms with Crippen LogP contribution in [0, 0.1) is 5.82 Å². The zero-order valence-electron chi connectivity index (χ0n) is 12.6. The fourth-order valence-corrected chi connectivity index (χ4v) is 2.63. The second kappa shape index (κ2) is 7.16. The standard InChI is InChI=1S/C17H24FNO2/c1-3-17(2,20)13-19(12-16-5-4-10-21-16)11-14-6-8-15(18)9-7-14/h3,6-9,16,20H,1,4-5,10-13H2,2H3/t16-,17-/m1/s1. The third-order valence-corrected chi connectivity index (χ3v) is 3.79. The highest BCUT2D eigenvalue weighted by Gasteiger charge is 2.25. The van der Waals surface area contributed by atoms with Crippen molar-refractivity contribution in [2.75, 3.05) is 19.7 Å². The van der Waals surface area contributed by atoms with Crippen LogP contribution in [0.5, 0.6) is 0 Å². The van der Waals surface area contributed by atoms with Crippen LogP contribution in [0.2, 0.25) is 0 Å². The Balaban J connectivity index is 2.02. The Kier molecular flexibility index (Phi) is 5.51. The van der Waals surface area contributed by atoms with Crippen LogP contribution in [0.3, 0.4) is 0 Å². The first-order valence-electron chi connectivity index (χ1n) is 7.43. The lowest BCUT2D eigenvalue weighted by Crippen LogP contribution is -2.42. The van der Waals surface area contributed by atoms with E-state index in [9.17, 15) is 9.50 Å². The van der Waals surface area contributed by atoms with Crippen molar-refractivity contribution in [3.63, 3.8) is 0 Å². The molecule has 1 aromatic rings. The van der Waals surface area contributed by atoms with Crippen LogP contribution in [0.15, 0.2) is 36.9 Å². The molecule has 0 amide bonds. The van der Waals surface area contributed by atoms with Gasteiger partial charge >= 0.3 is 0 Å². The van der Waals surface area contributed by atoms with E-state index >= 15 is 0 Å². The van der Waals surface area contributed by atoms with Crippen LogP contribution in [0.4, 0.5) is 4.39 Å². The van der Waals surface area contributed by atoms with Crippen LogP contribution in [0.25, 0.3) is 0 Å². The molecule has 0 spiro atoms. The third-order valence-electron chi connectivity index (χ3n) is 3.79.